The smallest absolute Gasteiger partial charge is 0.247 e. The minimum atomic E-state index is -3.97. The highest BCUT2D eigenvalue weighted by Crippen LogP contribution is 2.19. The van der Waals surface area contributed by atoms with Crippen LogP contribution >= 0.6 is 11.6 Å². The molecule has 0 bridgehead atoms. The fourth-order valence-electron chi connectivity index (χ4n) is 1.61. The highest BCUT2D eigenvalue weighted by Gasteiger charge is 2.19. The molecule has 1 aromatic carbocycles. The molecule has 5 nitrogen and oxygen atoms in total. The standard InChI is InChI=1S/C12H11ClFN3O2S/c1-7-3-4-9(14)6-10(7)20(18,19)17-12-15-8(2)5-11(13)16-12/h3-6H,1-2H3,(H,15,16,17). The van der Waals surface area contributed by atoms with E-state index in [2.05, 4.69) is 14.7 Å². The predicted octanol–water partition coefficient (Wildman–Crippen LogP) is 2.69. The number of halogens is 2. The number of aryl methyl sites for hydroxylation is 2. The van der Waals surface area contributed by atoms with E-state index < -0.39 is 15.8 Å². The highest BCUT2D eigenvalue weighted by molar-refractivity contribution is 7.92. The van der Waals surface area contributed by atoms with Crippen LogP contribution < -0.4 is 4.72 Å². The molecular formula is C12H11ClFN3O2S. The summed E-state index contributed by atoms with van der Waals surface area (Å²) in [5, 5.41) is 0.117. The van der Waals surface area contributed by atoms with Gasteiger partial charge >= 0.3 is 0 Å². The van der Waals surface area contributed by atoms with Crippen molar-refractivity contribution in [3.8, 4) is 0 Å². The largest absolute Gasteiger partial charge is 0.264 e. The van der Waals surface area contributed by atoms with E-state index in [1.807, 2.05) is 0 Å². The van der Waals surface area contributed by atoms with Gasteiger partial charge in [0.15, 0.2) is 0 Å². The first-order chi connectivity index (χ1) is 9.28. The summed E-state index contributed by atoms with van der Waals surface area (Å²) in [5.74, 6) is -0.794. The molecule has 8 heteroatoms. The third-order valence-corrected chi connectivity index (χ3v) is 4.15. The Hall–Kier alpha value is -1.73. The zero-order chi connectivity index (χ0) is 14.9. The van der Waals surface area contributed by atoms with E-state index in [9.17, 15) is 12.8 Å². The molecule has 1 aromatic heterocycles. The molecule has 0 spiro atoms. The van der Waals surface area contributed by atoms with Crippen LogP contribution in [0, 0.1) is 19.7 Å². The zero-order valence-corrected chi connectivity index (χ0v) is 12.3. The molecular weight excluding hydrogens is 305 g/mol. The molecule has 0 radical (unpaired) electrons. The number of nitrogens with one attached hydrogen (secondary N) is 1. The molecule has 0 saturated heterocycles. The number of hydrogen-bond donors (Lipinski definition) is 1. The molecule has 0 atom stereocenters. The zero-order valence-electron chi connectivity index (χ0n) is 10.7. The molecule has 0 amide bonds. The molecule has 2 rings (SSSR count). The van der Waals surface area contributed by atoms with Gasteiger partial charge in [-0.05, 0) is 37.6 Å². The van der Waals surface area contributed by atoms with Gasteiger partial charge < -0.3 is 0 Å². The van der Waals surface area contributed by atoms with E-state index in [1.54, 1.807) is 13.8 Å². The quantitative estimate of drug-likeness (QED) is 0.884. The second-order valence-electron chi connectivity index (χ2n) is 4.17. The minimum absolute atomic E-state index is 0.117. The van der Waals surface area contributed by atoms with E-state index in [-0.39, 0.29) is 16.0 Å². The van der Waals surface area contributed by atoms with Gasteiger partial charge in [0.1, 0.15) is 11.0 Å². The van der Waals surface area contributed by atoms with Crippen molar-refractivity contribution >= 4 is 27.6 Å². The summed E-state index contributed by atoms with van der Waals surface area (Å²) in [4.78, 5) is 7.52. The van der Waals surface area contributed by atoms with Crippen molar-refractivity contribution < 1.29 is 12.8 Å². The van der Waals surface area contributed by atoms with Crippen molar-refractivity contribution in [2.75, 3.05) is 4.72 Å². The van der Waals surface area contributed by atoms with E-state index >= 15 is 0 Å². The Labute approximate surface area is 120 Å². The van der Waals surface area contributed by atoms with Crippen LogP contribution in [0.3, 0.4) is 0 Å². The second-order valence-corrected chi connectivity index (χ2v) is 6.21. The van der Waals surface area contributed by atoms with Gasteiger partial charge in [0.2, 0.25) is 5.95 Å². The van der Waals surface area contributed by atoms with Crippen molar-refractivity contribution in [1.82, 2.24) is 9.97 Å². The fourth-order valence-corrected chi connectivity index (χ4v) is 3.05. The van der Waals surface area contributed by atoms with Gasteiger partial charge in [-0.2, -0.15) is 0 Å². The van der Waals surface area contributed by atoms with Crippen LogP contribution in [-0.2, 0) is 10.0 Å². The summed E-state index contributed by atoms with van der Waals surface area (Å²) in [5.41, 5.74) is 0.927. The number of aromatic nitrogens is 2. The summed E-state index contributed by atoms with van der Waals surface area (Å²) < 4.78 is 39.8. The molecule has 0 aliphatic carbocycles. The summed E-state index contributed by atoms with van der Waals surface area (Å²) in [6, 6.07) is 5.00. The first-order valence-corrected chi connectivity index (χ1v) is 7.44. The van der Waals surface area contributed by atoms with E-state index in [0.717, 1.165) is 6.07 Å². The Kier molecular flexibility index (Phi) is 3.92. The fraction of sp³-hybridized carbons (Fsp3) is 0.167. The van der Waals surface area contributed by atoms with E-state index in [4.69, 9.17) is 11.6 Å². The topological polar surface area (TPSA) is 72.0 Å². The first kappa shape index (κ1) is 14.7. The maximum atomic E-state index is 13.2. The summed E-state index contributed by atoms with van der Waals surface area (Å²) in [6.45, 7) is 3.22. The van der Waals surface area contributed by atoms with Crippen LogP contribution in [0.4, 0.5) is 10.3 Å². The molecule has 0 fully saturated rings. The van der Waals surface area contributed by atoms with Gasteiger partial charge in [0.25, 0.3) is 10.0 Å². The monoisotopic (exact) mass is 315 g/mol. The van der Waals surface area contributed by atoms with Gasteiger partial charge in [-0.3, -0.25) is 0 Å². The van der Waals surface area contributed by atoms with Crippen LogP contribution in [0.5, 0.6) is 0 Å². The third kappa shape index (κ3) is 3.23. The van der Waals surface area contributed by atoms with Crippen LogP contribution in [-0.4, -0.2) is 18.4 Å². The van der Waals surface area contributed by atoms with E-state index in [0.29, 0.717) is 11.3 Å². The lowest BCUT2D eigenvalue weighted by Gasteiger charge is -2.09. The number of sulfonamides is 1. The molecule has 106 valence electrons. The van der Waals surface area contributed by atoms with Crippen LogP contribution in [0.25, 0.3) is 0 Å². The van der Waals surface area contributed by atoms with Crippen molar-refractivity contribution in [3.05, 3.63) is 46.5 Å². The van der Waals surface area contributed by atoms with Gasteiger partial charge in [0.05, 0.1) is 4.90 Å². The minimum Gasteiger partial charge on any atom is -0.247 e. The predicted molar refractivity (Wildman–Crippen MR) is 73.7 cm³/mol. The average molecular weight is 316 g/mol. The molecule has 0 saturated carbocycles. The Morgan fingerprint density at radius 3 is 2.55 bits per heavy atom. The molecule has 1 heterocycles. The average Bonchev–Trinajstić information content (AvgIpc) is 2.30. The van der Waals surface area contributed by atoms with Crippen LogP contribution in [0.2, 0.25) is 5.15 Å². The molecule has 20 heavy (non-hydrogen) atoms. The van der Waals surface area contributed by atoms with E-state index in [1.165, 1.54) is 18.2 Å². The van der Waals surface area contributed by atoms with Gasteiger partial charge in [-0.25, -0.2) is 27.5 Å². The van der Waals surface area contributed by atoms with Gasteiger partial charge in [0, 0.05) is 5.69 Å². The second kappa shape index (κ2) is 5.34. The normalized spacial score (nSPS) is 11.4. The molecule has 0 aliphatic rings. The number of rotatable bonds is 3. The van der Waals surface area contributed by atoms with Crippen LogP contribution in [0.15, 0.2) is 29.2 Å². The Bertz CT molecular complexity index is 745. The lowest BCUT2D eigenvalue weighted by molar-refractivity contribution is 0.594. The summed E-state index contributed by atoms with van der Waals surface area (Å²) >= 11 is 5.74. The highest BCUT2D eigenvalue weighted by atomic mass is 35.5. The van der Waals surface area contributed by atoms with Crippen molar-refractivity contribution in [3.63, 3.8) is 0 Å². The molecule has 1 N–H and O–H groups in total. The maximum Gasteiger partial charge on any atom is 0.264 e. The van der Waals surface area contributed by atoms with Crippen LogP contribution in [0.1, 0.15) is 11.3 Å². The lowest BCUT2D eigenvalue weighted by atomic mass is 10.2. The first-order valence-electron chi connectivity index (χ1n) is 5.58. The Balaban J connectivity index is 2.43. The number of nitrogens with zero attached hydrogens (tertiary/aromatic N) is 2. The number of anilines is 1. The molecule has 0 unspecified atom stereocenters. The summed E-state index contributed by atoms with van der Waals surface area (Å²) in [7, 11) is -3.97. The number of benzene rings is 1. The van der Waals surface area contributed by atoms with Crippen molar-refractivity contribution in [1.29, 1.82) is 0 Å². The maximum absolute atomic E-state index is 13.2. The van der Waals surface area contributed by atoms with Crippen molar-refractivity contribution in [2.24, 2.45) is 0 Å². The lowest BCUT2D eigenvalue weighted by Crippen LogP contribution is -2.16. The molecule has 2 aromatic rings. The third-order valence-electron chi connectivity index (χ3n) is 2.49. The van der Waals surface area contributed by atoms with Gasteiger partial charge in [-0.1, -0.05) is 17.7 Å². The summed E-state index contributed by atoms with van der Waals surface area (Å²) in [6.07, 6.45) is 0. The SMILES string of the molecule is Cc1cc(Cl)nc(NS(=O)(=O)c2cc(F)ccc2C)n1. The Morgan fingerprint density at radius 1 is 1.20 bits per heavy atom. The molecule has 0 aliphatic heterocycles. The van der Waals surface area contributed by atoms with Crippen molar-refractivity contribution in [2.45, 2.75) is 18.7 Å². The number of hydrogen-bond acceptors (Lipinski definition) is 4. The van der Waals surface area contributed by atoms with Gasteiger partial charge in [-0.15, -0.1) is 0 Å². The Morgan fingerprint density at radius 2 is 1.90 bits per heavy atom.